The third kappa shape index (κ3) is 4.62. The first-order valence-electron chi connectivity index (χ1n) is 7.74. The van der Waals surface area contributed by atoms with Gasteiger partial charge in [0, 0.05) is 11.6 Å². The highest BCUT2D eigenvalue weighted by Crippen LogP contribution is 2.15. The van der Waals surface area contributed by atoms with Gasteiger partial charge < -0.3 is 14.3 Å². The van der Waals surface area contributed by atoms with Crippen molar-refractivity contribution in [2.45, 2.75) is 19.3 Å². The number of halogens is 1. The molecule has 0 saturated heterocycles. The molecule has 0 fully saturated rings. The van der Waals surface area contributed by atoms with Crippen LogP contribution in [0.5, 0.6) is 0 Å². The predicted molar refractivity (Wildman–Crippen MR) is 88.3 cm³/mol. The van der Waals surface area contributed by atoms with Crippen LogP contribution in [0.25, 0.3) is 11.3 Å². The Morgan fingerprint density at radius 1 is 1.20 bits per heavy atom. The molecule has 1 unspecified atom stereocenters. The van der Waals surface area contributed by atoms with Crippen LogP contribution in [-0.4, -0.2) is 27.6 Å². The molecule has 6 nitrogen and oxygen atoms in total. The second-order valence-corrected chi connectivity index (χ2v) is 5.49. The van der Waals surface area contributed by atoms with Gasteiger partial charge in [-0.15, -0.1) is 0 Å². The van der Waals surface area contributed by atoms with E-state index in [2.05, 4.69) is 5.10 Å². The molecule has 1 N–H and O–H groups in total. The van der Waals surface area contributed by atoms with Crippen LogP contribution in [0.3, 0.4) is 0 Å². The second-order valence-electron chi connectivity index (χ2n) is 5.49. The first-order valence-corrected chi connectivity index (χ1v) is 7.74. The van der Waals surface area contributed by atoms with Crippen molar-refractivity contribution < 1.29 is 18.7 Å². The molecule has 0 aliphatic carbocycles. The average molecular weight is 344 g/mol. The standard InChI is InChI=1S/C18H17FN2O4/c19-14-5-3-13(4-6-14)17-7-8-18(23)21(20-17)10-15(22)11-24-12-16-2-1-9-25-16/h1-9,15,22H,10-12H2. The molecular formula is C18H17FN2O4. The van der Waals surface area contributed by atoms with Crippen molar-refractivity contribution in [1.82, 2.24) is 9.78 Å². The number of nitrogens with zero attached hydrogens (tertiary/aromatic N) is 2. The van der Waals surface area contributed by atoms with E-state index in [1.165, 1.54) is 22.9 Å². The summed E-state index contributed by atoms with van der Waals surface area (Å²) in [5.41, 5.74) is 0.859. The van der Waals surface area contributed by atoms with Crippen molar-refractivity contribution >= 4 is 0 Å². The molecule has 1 aromatic carbocycles. The Morgan fingerprint density at radius 2 is 2.00 bits per heavy atom. The Kier molecular flexibility index (Phi) is 5.37. The van der Waals surface area contributed by atoms with Crippen molar-refractivity contribution in [2.24, 2.45) is 0 Å². The maximum absolute atomic E-state index is 13.0. The number of hydrogen-bond donors (Lipinski definition) is 1. The normalized spacial score (nSPS) is 12.2. The maximum atomic E-state index is 13.0. The monoisotopic (exact) mass is 344 g/mol. The first-order chi connectivity index (χ1) is 12.1. The Hall–Kier alpha value is -2.77. The molecule has 25 heavy (non-hydrogen) atoms. The van der Waals surface area contributed by atoms with E-state index < -0.39 is 6.10 Å². The van der Waals surface area contributed by atoms with Crippen molar-refractivity contribution in [3.63, 3.8) is 0 Å². The van der Waals surface area contributed by atoms with Gasteiger partial charge in [0.2, 0.25) is 0 Å². The minimum absolute atomic E-state index is 0.00791. The highest BCUT2D eigenvalue weighted by molar-refractivity contribution is 5.57. The predicted octanol–water partition coefficient (Wildman–Crippen LogP) is 2.22. The summed E-state index contributed by atoms with van der Waals surface area (Å²) in [6, 6.07) is 12.2. The number of aliphatic hydroxyl groups excluding tert-OH is 1. The van der Waals surface area contributed by atoms with Crippen LogP contribution in [0.2, 0.25) is 0 Å². The van der Waals surface area contributed by atoms with Gasteiger partial charge in [-0.05, 0) is 42.5 Å². The summed E-state index contributed by atoms with van der Waals surface area (Å²) in [7, 11) is 0. The van der Waals surface area contributed by atoms with E-state index >= 15 is 0 Å². The lowest BCUT2D eigenvalue weighted by Gasteiger charge is -2.12. The van der Waals surface area contributed by atoms with E-state index in [0.29, 0.717) is 17.0 Å². The van der Waals surface area contributed by atoms with Crippen LogP contribution in [0.4, 0.5) is 4.39 Å². The van der Waals surface area contributed by atoms with Crippen molar-refractivity contribution in [3.05, 3.63) is 76.7 Å². The molecule has 0 amide bonds. The molecule has 0 saturated carbocycles. The van der Waals surface area contributed by atoms with Gasteiger partial charge in [-0.3, -0.25) is 4.79 Å². The summed E-state index contributed by atoms with van der Waals surface area (Å²) in [5, 5.41) is 14.3. The van der Waals surface area contributed by atoms with Gasteiger partial charge in [0.25, 0.3) is 5.56 Å². The van der Waals surface area contributed by atoms with E-state index in [9.17, 15) is 14.3 Å². The summed E-state index contributed by atoms with van der Waals surface area (Å²) in [5.74, 6) is 0.307. The second kappa shape index (κ2) is 7.87. The third-order valence-electron chi connectivity index (χ3n) is 3.52. The van der Waals surface area contributed by atoms with Crippen molar-refractivity contribution in [2.75, 3.05) is 6.61 Å². The number of furan rings is 1. The highest BCUT2D eigenvalue weighted by Gasteiger charge is 2.10. The van der Waals surface area contributed by atoms with Gasteiger partial charge in [0.1, 0.15) is 18.2 Å². The number of ether oxygens (including phenoxy) is 1. The largest absolute Gasteiger partial charge is 0.467 e. The molecule has 0 spiro atoms. The highest BCUT2D eigenvalue weighted by atomic mass is 19.1. The van der Waals surface area contributed by atoms with Crippen LogP contribution in [0, 0.1) is 5.82 Å². The molecule has 3 aromatic rings. The average Bonchev–Trinajstić information content (AvgIpc) is 3.11. The summed E-state index contributed by atoms with van der Waals surface area (Å²) in [4.78, 5) is 11.9. The molecule has 0 aliphatic heterocycles. The topological polar surface area (TPSA) is 77.5 Å². The van der Waals surface area contributed by atoms with Gasteiger partial charge in [-0.2, -0.15) is 5.10 Å². The Balaban J connectivity index is 1.64. The van der Waals surface area contributed by atoms with E-state index in [-0.39, 0.29) is 31.1 Å². The summed E-state index contributed by atoms with van der Waals surface area (Å²) < 4.78 is 24.7. The van der Waals surface area contributed by atoms with Crippen molar-refractivity contribution in [1.29, 1.82) is 0 Å². The number of hydrogen-bond acceptors (Lipinski definition) is 5. The van der Waals surface area contributed by atoms with Crippen LogP contribution < -0.4 is 5.56 Å². The van der Waals surface area contributed by atoms with E-state index in [1.54, 1.807) is 36.6 Å². The molecule has 2 heterocycles. The van der Waals surface area contributed by atoms with Crippen LogP contribution >= 0.6 is 0 Å². The van der Waals surface area contributed by atoms with E-state index in [1.807, 2.05) is 0 Å². The molecular weight excluding hydrogens is 327 g/mol. The zero-order valence-corrected chi connectivity index (χ0v) is 13.3. The van der Waals surface area contributed by atoms with Crippen LogP contribution in [0.1, 0.15) is 5.76 Å². The molecule has 3 rings (SSSR count). The van der Waals surface area contributed by atoms with Gasteiger partial charge in [-0.1, -0.05) is 0 Å². The molecule has 7 heteroatoms. The lowest BCUT2D eigenvalue weighted by atomic mass is 10.1. The van der Waals surface area contributed by atoms with Gasteiger partial charge in [0.05, 0.1) is 31.2 Å². The van der Waals surface area contributed by atoms with Gasteiger partial charge in [-0.25, -0.2) is 9.07 Å². The van der Waals surface area contributed by atoms with Gasteiger partial charge >= 0.3 is 0 Å². The lowest BCUT2D eigenvalue weighted by Crippen LogP contribution is -2.30. The quantitative estimate of drug-likeness (QED) is 0.711. The number of aromatic nitrogens is 2. The fourth-order valence-corrected chi connectivity index (χ4v) is 2.30. The van der Waals surface area contributed by atoms with E-state index in [4.69, 9.17) is 9.15 Å². The van der Waals surface area contributed by atoms with Gasteiger partial charge in [0.15, 0.2) is 0 Å². The zero-order valence-electron chi connectivity index (χ0n) is 13.3. The summed E-state index contributed by atoms with van der Waals surface area (Å²) >= 11 is 0. The zero-order chi connectivity index (χ0) is 17.6. The molecule has 0 aliphatic rings. The van der Waals surface area contributed by atoms with E-state index in [0.717, 1.165) is 0 Å². The Bertz CT molecular complexity index is 860. The van der Waals surface area contributed by atoms with Crippen LogP contribution in [0.15, 0.2) is 64.0 Å². The molecule has 130 valence electrons. The maximum Gasteiger partial charge on any atom is 0.266 e. The molecule has 1 atom stereocenters. The van der Waals surface area contributed by atoms with Crippen LogP contribution in [-0.2, 0) is 17.9 Å². The lowest BCUT2D eigenvalue weighted by molar-refractivity contribution is 0.0125. The van der Waals surface area contributed by atoms with Crippen molar-refractivity contribution in [3.8, 4) is 11.3 Å². The third-order valence-corrected chi connectivity index (χ3v) is 3.52. The summed E-state index contributed by atoms with van der Waals surface area (Å²) in [6.07, 6.45) is 0.642. The fourth-order valence-electron chi connectivity index (χ4n) is 2.30. The molecule has 0 radical (unpaired) electrons. The first kappa shape index (κ1) is 17.1. The number of rotatable bonds is 7. The number of benzene rings is 1. The SMILES string of the molecule is O=c1ccc(-c2ccc(F)cc2)nn1CC(O)COCc1ccco1. The smallest absolute Gasteiger partial charge is 0.266 e. The molecule has 0 bridgehead atoms. The Morgan fingerprint density at radius 3 is 2.72 bits per heavy atom. The minimum atomic E-state index is -0.899. The summed E-state index contributed by atoms with van der Waals surface area (Å²) in [6.45, 7) is 0.267. The fraction of sp³-hybridized carbons (Fsp3) is 0.222. The Labute approximate surface area is 143 Å². The number of aliphatic hydroxyl groups is 1. The minimum Gasteiger partial charge on any atom is -0.467 e. The molecule has 2 aromatic heterocycles.